The first-order valence-electron chi connectivity index (χ1n) is 9.84. The summed E-state index contributed by atoms with van der Waals surface area (Å²) in [5.74, 6) is 1.64. The highest BCUT2D eigenvalue weighted by molar-refractivity contribution is 14.0. The van der Waals surface area contributed by atoms with Crippen LogP contribution in [0.15, 0.2) is 23.2 Å². The van der Waals surface area contributed by atoms with Crippen molar-refractivity contribution >= 4 is 47.2 Å². The fourth-order valence-corrected chi connectivity index (χ4v) is 3.78. The molecule has 1 heterocycles. The minimum Gasteiger partial charge on any atom is -0.493 e. The number of guanidine groups is 1. The van der Waals surface area contributed by atoms with Crippen LogP contribution in [0.2, 0.25) is 0 Å². The smallest absolute Gasteiger partial charge is 0.350 e. The van der Waals surface area contributed by atoms with Crippen LogP contribution in [-0.4, -0.2) is 44.3 Å². The Kier molecular flexibility index (Phi) is 11.6. The molecule has 0 aliphatic rings. The van der Waals surface area contributed by atoms with Crippen LogP contribution in [0.1, 0.15) is 52.7 Å². The van der Waals surface area contributed by atoms with Gasteiger partial charge in [-0.2, -0.15) is 0 Å². The SMILES string of the molecule is CCNC(=NCc1cccc(OC)c1OC)NC(C)c1nc(C)c(C(=O)OCC)s1.I. The molecule has 1 aromatic heterocycles. The van der Waals surface area contributed by atoms with Crippen molar-refractivity contribution in [3.63, 3.8) is 0 Å². The summed E-state index contributed by atoms with van der Waals surface area (Å²) in [4.78, 5) is 21.8. The Morgan fingerprint density at radius 3 is 2.61 bits per heavy atom. The van der Waals surface area contributed by atoms with E-state index < -0.39 is 0 Å². The molecule has 0 fully saturated rings. The van der Waals surface area contributed by atoms with Crippen LogP contribution in [0.3, 0.4) is 0 Å². The first-order chi connectivity index (χ1) is 14.4. The van der Waals surface area contributed by atoms with Crippen LogP contribution in [0.5, 0.6) is 11.5 Å². The van der Waals surface area contributed by atoms with Gasteiger partial charge < -0.3 is 24.8 Å². The summed E-state index contributed by atoms with van der Waals surface area (Å²) in [5.41, 5.74) is 1.58. The molecule has 172 valence electrons. The average Bonchev–Trinajstić information content (AvgIpc) is 3.13. The molecule has 0 spiro atoms. The van der Waals surface area contributed by atoms with Crippen molar-refractivity contribution in [2.45, 2.75) is 40.3 Å². The van der Waals surface area contributed by atoms with Crippen molar-refractivity contribution < 1.29 is 19.0 Å². The van der Waals surface area contributed by atoms with Gasteiger partial charge in [-0.1, -0.05) is 12.1 Å². The number of ether oxygens (including phenoxy) is 3. The number of benzene rings is 1. The van der Waals surface area contributed by atoms with E-state index in [2.05, 4.69) is 20.6 Å². The molecule has 31 heavy (non-hydrogen) atoms. The number of thiazole rings is 1. The Morgan fingerprint density at radius 2 is 2.00 bits per heavy atom. The van der Waals surface area contributed by atoms with E-state index in [4.69, 9.17) is 14.2 Å². The summed E-state index contributed by atoms with van der Waals surface area (Å²) in [7, 11) is 3.22. The first-order valence-corrected chi connectivity index (χ1v) is 10.7. The summed E-state index contributed by atoms with van der Waals surface area (Å²) in [5, 5.41) is 7.37. The summed E-state index contributed by atoms with van der Waals surface area (Å²) in [6, 6.07) is 5.57. The third kappa shape index (κ3) is 7.23. The highest BCUT2D eigenvalue weighted by Crippen LogP contribution is 2.31. The van der Waals surface area contributed by atoms with E-state index in [1.807, 2.05) is 39.0 Å². The monoisotopic (exact) mass is 562 g/mol. The topological polar surface area (TPSA) is 94.1 Å². The molecule has 0 radical (unpaired) electrons. The van der Waals surface area contributed by atoms with Crippen molar-refractivity contribution in [3.8, 4) is 11.5 Å². The maximum absolute atomic E-state index is 12.1. The molecule has 8 nitrogen and oxygen atoms in total. The molecule has 2 rings (SSSR count). The van der Waals surface area contributed by atoms with Crippen molar-refractivity contribution in [1.29, 1.82) is 0 Å². The quantitative estimate of drug-likeness (QED) is 0.206. The highest BCUT2D eigenvalue weighted by atomic mass is 127. The van der Waals surface area contributed by atoms with Crippen molar-refractivity contribution in [2.24, 2.45) is 4.99 Å². The molecule has 0 saturated carbocycles. The van der Waals surface area contributed by atoms with Gasteiger partial charge in [0.2, 0.25) is 0 Å². The molecule has 0 bridgehead atoms. The van der Waals surface area contributed by atoms with Gasteiger partial charge in [0.05, 0.1) is 39.1 Å². The second kappa shape index (κ2) is 13.4. The second-order valence-corrected chi connectivity index (χ2v) is 7.43. The van der Waals surface area contributed by atoms with E-state index in [0.717, 1.165) is 10.6 Å². The number of carbonyl (C=O) groups excluding carboxylic acids is 1. The van der Waals surface area contributed by atoms with Crippen LogP contribution < -0.4 is 20.1 Å². The molecule has 0 saturated heterocycles. The second-order valence-electron chi connectivity index (χ2n) is 6.40. The number of aliphatic imine (C=N–C) groups is 1. The molecule has 0 amide bonds. The van der Waals surface area contributed by atoms with Crippen LogP contribution in [0, 0.1) is 6.92 Å². The third-order valence-electron chi connectivity index (χ3n) is 4.23. The Labute approximate surface area is 204 Å². The molecular formula is C21H31IN4O4S. The van der Waals surface area contributed by atoms with E-state index >= 15 is 0 Å². The maximum atomic E-state index is 12.1. The maximum Gasteiger partial charge on any atom is 0.350 e. The van der Waals surface area contributed by atoms with Gasteiger partial charge in [-0.05, 0) is 33.8 Å². The van der Waals surface area contributed by atoms with Gasteiger partial charge in [0.15, 0.2) is 17.5 Å². The number of rotatable bonds is 9. The number of carbonyl (C=O) groups is 1. The Balaban J connectivity index is 0.00000480. The van der Waals surface area contributed by atoms with Gasteiger partial charge in [-0.15, -0.1) is 35.3 Å². The summed E-state index contributed by atoms with van der Waals surface area (Å²) < 4.78 is 15.9. The molecule has 1 aromatic carbocycles. The van der Waals surface area contributed by atoms with E-state index in [0.29, 0.717) is 47.7 Å². The van der Waals surface area contributed by atoms with Gasteiger partial charge >= 0.3 is 5.97 Å². The van der Waals surface area contributed by atoms with Gasteiger partial charge in [-0.25, -0.2) is 14.8 Å². The zero-order valence-corrected chi connectivity index (χ0v) is 21.9. The van der Waals surface area contributed by atoms with E-state index in [9.17, 15) is 4.79 Å². The normalized spacial score (nSPS) is 11.9. The number of hydrogen-bond donors (Lipinski definition) is 2. The van der Waals surface area contributed by atoms with E-state index in [1.165, 1.54) is 11.3 Å². The standard InChI is InChI=1S/C21H30N4O4S.HI/c1-7-22-21(23-12-15-10-9-11-16(27-5)17(15)28-6)25-14(4)19-24-13(3)18(30-19)20(26)29-8-2;/h9-11,14H,7-8,12H2,1-6H3,(H2,22,23,25);1H. The number of nitrogens with one attached hydrogen (secondary N) is 2. The lowest BCUT2D eigenvalue weighted by Gasteiger charge is -2.16. The zero-order valence-electron chi connectivity index (χ0n) is 18.8. The van der Waals surface area contributed by atoms with Gasteiger partial charge in [0, 0.05) is 12.1 Å². The minimum absolute atomic E-state index is 0. The van der Waals surface area contributed by atoms with E-state index in [-0.39, 0.29) is 36.0 Å². The number of aromatic nitrogens is 1. The molecule has 10 heteroatoms. The van der Waals surface area contributed by atoms with Crippen LogP contribution >= 0.6 is 35.3 Å². The number of aryl methyl sites for hydroxylation is 1. The minimum atomic E-state index is -0.336. The number of nitrogens with zero attached hydrogens (tertiary/aromatic N) is 2. The van der Waals surface area contributed by atoms with Gasteiger partial charge in [0.25, 0.3) is 0 Å². The van der Waals surface area contributed by atoms with Crippen LogP contribution in [0.25, 0.3) is 0 Å². The van der Waals surface area contributed by atoms with Crippen molar-refractivity contribution in [2.75, 3.05) is 27.4 Å². The fraction of sp³-hybridized carbons (Fsp3) is 0.476. The lowest BCUT2D eigenvalue weighted by Crippen LogP contribution is -2.38. The Bertz CT molecular complexity index is 888. The largest absolute Gasteiger partial charge is 0.493 e. The number of methoxy groups -OCH3 is 2. The molecule has 2 aromatic rings. The Morgan fingerprint density at radius 1 is 1.26 bits per heavy atom. The molecule has 0 aliphatic carbocycles. The number of halogens is 1. The predicted molar refractivity (Wildman–Crippen MR) is 134 cm³/mol. The Hall–Kier alpha value is -2.08. The van der Waals surface area contributed by atoms with Crippen molar-refractivity contribution in [3.05, 3.63) is 39.3 Å². The van der Waals surface area contributed by atoms with Crippen molar-refractivity contribution in [1.82, 2.24) is 15.6 Å². The van der Waals surface area contributed by atoms with E-state index in [1.54, 1.807) is 21.1 Å². The summed E-state index contributed by atoms with van der Waals surface area (Å²) in [6.45, 7) is 9.03. The highest BCUT2D eigenvalue weighted by Gasteiger charge is 2.20. The third-order valence-corrected chi connectivity index (χ3v) is 5.55. The van der Waals surface area contributed by atoms with Gasteiger partial charge in [0.1, 0.15) is 9.88 Å². The molecule has 2 N–H and O–H groups in total. The average molecular weight is 562 g/mol. The van der Waals surface area contributed by atoms with Crippen LogP contribution in [-0.2, 0) is 11.3 Å². The summed E-state index contributed by atoms with van der Waals surface area (Å²) in [6.07, 6.45) is 0. The molecule has 1 unspecified atom stereocenters. The number of esters is 1. The fourth-order valence-electron chi connectivity index (χ4n) is 2.82. The lowest BCUT2D eigenvalue weighted by atomic mass is 10.2. The predicted octanol–water partition coefficient (Wildman–Crippen LogP) is 4.08. The number of para-hydroxylation sites is 1. The lowest BCUT2D eigenvalue weighted by molar-refractivity contribution is 0.0531. The first kappa shape index (κ1) is 27.0. The van der Waals surface area contributed by atoms with Gasteiger partial charge in [-0.3, -0.25) is 0 Å². The molecule has 0 aliphatic heterocycles. The molecule has 1 atom stereocenters. The van der Waals surface area contributed by atoms with Crippen LogP contribution in [0.4, 0.5) is 0 Å². The number of hydrogen-bond acceptors (Lipinski definition) is 7. The zero-order chi connectivity index (χ0) is 22.1. The molecular weight excluding hydrogens is 531 g/mol. The summed E-state index contributed by atoms with van der Waals surface area (Å²) >= 11 is 1.33.